The van der Waals surface area contributed by atoms with Crippen molar-refractivity contribution in [2.75, 3.05) is 6.79 Å². The van der Waals surface area contributed by atoms with Gasteiger partial charge in [-0.2, -0.15) is 5.10 Å². The van der Waals surface area contributed by atoms with Crippen LogP contribution in [0.15, 0.2) is 18.3 Å². The Kier molecular flexibility index (Phi) is 1.12. The zero-order chi connectivity index (χ0) is 8.84. The van der Waals surface area contributed by atoms with Gasteiger partial charge in [-0.25, -0.2) is 0 Å². The summed E-state index contributed by atoms with van der Waals surface area (Å²) in [4.78, 5) is 0. The lowest BCUT2D eigenvalue weighted by molar-refractivity contribution is 0.174. The molecule has 0 radical (unpaired) electrons. The highest BCUT2D eigenvalue weighted by atomic mass is 16.7. The molecule has 0 unspecified atom stereocenters. The van der Waals surface area contributed by atoms with Gasteiger partial charge in [-0.15, -0.1) is 0 Å². The average molecular weight is 176 g/mol. The SMILES string of the molecule is Cn1cc2cc3c(cc2n1)OCO3. The number of hydrogen-bond donors (Lipinski definition) is 0. The first-order valence-corrected chi connectivity index (χ1v) is 4.06. The maximum atomic E-state index is 5.26. The van der Waals surface area contributed by atoms with Crippen LogP contribution in [0.2, 0.25) is 0 Å². The van der Waals surface area contributed by atoms with E-state index in [1.54, 1.807) is 4.68 Å². The second-order valence-corrected chi connectivity index (χ2v) is 3.07. The lowest BCUT2D eigenvalue weighted by atomic mass is 10.2. The molecule has 4 heteroatoms. The number of aromatic nitrogens is 2. The molecule has 2 heterocycles. The Hall–Kier alpha value is -1.71. The summed E-state index contributed by atoms with van der Waals surface area (Å²) in [5, 5.41) is 5.35. The minimum atomic E-state index is 0.314. The predicted octanol–water partition coefficient (Wildman–Crippen LogP) is 1.30. The molecule has 4 nitrogen and oxygen atoms in total. The molecule has 1 aromatic heterocycles. The largest absolute Gasteiger partial charge is 0.454 e. The summed E-state index contributed by atoms with van der Waals surface area (Å²) in [7, 11) is 1.90. The van der Waals surface area contributed by atoms with Crippen molar-refractivity contribution in [1.82, 2.24) is 9.78 Å². The molecule has 3 rings (SSSR count). The molecule has 1 aliphatic rings. The molecule has 0 N–H and O–H groups in total. The van der Waals surface area contributed by atoms with Crippen molar-refractivity contribution in [2.24, 2.45) is 7.05 Å². The van der Waals surface area contributed by atoms with Crippen LogP contribution in [0.5, 0.6) is 11.5 Å². The summed E-state index contributed by atoms with van der Waals surface area (Å²) < 4.78 is 12.3. The number of nitrogens with zero attached hydrogens (tertiary/aromatic N) is 2. The van der Waals surface area contributed by atoms with E-state index in [-0.39, 0.29) is 0 Å². The summed E-state index contributed by atoms with van der Waals surface area (Å²) >= 11 is 0. The van der Waals surface area contributed by atoms with Crippen LogP contribution >= 0.6 is 0 Å². The van der Waals surface area contributed by atoms with Crippen molar-refractivity contribution in [3.8, 4) is 11.5 Å². The van der Waals surface area contributed by atoms with Gasteiger partial charge >= 0.3 is 0 Å². The molecular weight excluding hydrogens is 168 g/mol. The van der Waals surface area contributed by atoms with Crippen LogP contribution in [0.3, 0.4) is 0 Å². The smallest absolute Gasteiger partial charge is 0.231 e. The van der Waals surface area contributed by atoms with Crippen LogP contribution in [0.25, 0.3) is 10.9 Å². The summed E-state index contributed by atoms with van der Waals surface area (Å²) in [6.07, 6.45) is 1.96. The summed E-state index contributed by atoms with van der Waals surface area (Å²) in [6, 6.07) is 3.85. The molecule has 2 aromatic rings. The zero-order valence-electron chi connectivity index (χ0n) is 7.15. The molecule has 0 spiro atoms. The fraction of sp³-hybridized carbons (Fsp3) is 0.222. The average Bonchev–Trinajstić information content (AvgIpc) is 2.63. The molecular formula is C9H8N2O2. The van der Waals surface area contributed by atoms with Crippen LogP contribution in [-0.4, -0.2) is 16.6 Å². The molecule has 0 bridgehead atoms. The quantitative estimate of drug-likeness (QED) is 0.607. The lowest BCUT2D eigenvalue weighted by Gasteiger charge is -1.93. The molecule has 0 aliphatic carbocycles. The molecule has 0 amide bonds. The van der Waals surface area contributed by atoms with Gasteiger partial charge in [-0.05, 0) is 6.07 Å². The molecule has 66 valence electrons. The Bertz CT molecular complexity index is 435. The highest BCUT2D eigenvalue weighted by Gasteiger charge is 2.14. The Morgan fingerprint density at radius 1 is 1.31 bits per heavy atom. The normalized spacial score (nSPS) is 13.9. The Morgan fingerprint density at radius 3 is 2.92 bits per heavy atom. The van der Waals surface area contributed by atoms with Gasteiger partial charge in [0.1, 0.15) is 0 Å². The van der Waals surface area contributed by atoms with Crippen molar-refractivity contribution >= 4 is 10.9 Å². The third-order valence-electron chi connectivity index (χ3n) is 2.11. The minimum Gasteiger partial charge on any atom is -0.454 e. The van der Waals surface area contributed by atoms with E-state index < -0.39 is 0 Å². The van der Waals surface area contributed by atoms with Crippen molar-refractivity contribution in [1.29, 1.82) is 0 Å². The second kappa shape index (κ2) is 2.16. The standard InChI is InChI=1S/C9H8N2O2/c1-11-4-6-2-8-9(13-5-12-8)3-7(6)10-11/h2-4H,5H2,1H3. The van der Waals surface area contributed by atoms with E-state index in [0.29, 0.717) is 6.79 Å². The molecule has 0 saturated heterocycles. The van der Waals surface area contributed by atoms with Crippen LogP contribution in [-0.2, 0) is 7.05 Å². The molecule has 1 aromatic carbocycles. The van der Waals surface area contributed by atoms with Gasteiger partial charge in [0, 0.05) is 24.7 Å². The predicted molar refractivity (Wildman–Crippen MR) is 46.8 cm³/mol. The number of ether oxygens (including phenoxy) is 2. The van der Waals surface area contributed by atoms with Crippen molar-refractivity contribution in [3.63, 3.8) is 0 Å². The topological polar surface area (TPSA) is 36.3 Å². The van der Waals surface area contributed by atoms with Crippen LogP contribution in [0.4, 0.5) is 0 Å². The van der Waals surface area contributed by atoms with Crippen molar-refractivity contribution in [2.45, 2.75) is 0 Å². The molecule has 1 aliphatic heterocycles. The Labute approximate surface area is 74.7 Å². The lowest BCUT2D eigenvalue weighted by Crippen LogP contribution is -1.93. The van der Waals surface area contributed by atoms with Gasteiger partial charge in [0.15, 0.2) is 11.5 Å². The number of rotatable bonds is 0. The third-order valence-corrected chi connectivity index (χ3v) is 2.11. The van der Waals surface area contributed by atoms with Gasteiger partial charge in [0.2, 0.25) is 6.79 Å². The van der Waals surface area contributed by atoms with E-state index in [4.69, 9.17) is 9.47 Å². The summed E-state index contributed by atoms with van der Waals surface area (Å²) in [5.41, 5.74) is 0.937. The molecule has 0 saturated carbocycles. The van der Waals surface area contributed by atoms with Gasteiger partial charge in [-0.1, -0.05) is 0 Å². The zero-order valence-corrected chi connectivity index (χ0v) is 7.15. The van der Waals surface area contributed by atoms with Crippen LogP contribution in [0.1, 0.15) is 0 Å². The molecule has 0 atom stereocenters. The number of fused-ring (bicyclic) bond motifs is 2. The number of benzene rings is 1. The van der Waals surface area contributed by atoms with Crippen LogP contribution < -0.4 is 9.47 Å². The third kappa shape index (κ3) is 0.884. The maximum absolute atomic E-state index is 5.26. The monoisotopic (exact) mass is 176 g/mol. The first-order valence-electron chi connectivity index (χ1n) is 4.06. The summed E-state index contributed by atoms with van der Waals surface area (Å²) in [6.45, 7) is 0.314. The van der Waals surface area contributed by atoms with E-state index >= 15 is 0 Å². The molecule has 13 heavy (non-hydrogen) atoms. The molecule has 0 fully saturated rings. The fourth-order valence-corrected chi connectivity index (χ4v) is 1.54. The van der Waals surface area contributed by atoms with E-state index in [0.717, 1.165) is 22.4 Å². The van der Waals surface area contributed by atoms with Gasteiger partial charge in [0.25, 0.3) is 0 Å². The van der Waals surface area contributed by atoms with Gasteiger partial charge in [0.05, 0.1) is 5.52 Å². The first-order chi connectivity index (χ1) is 6.33. The maximum Gasteiger partial charge on any atom is 0.231 e. The minimum absolute atomic E-state index is 0.314. The van der Waals surface area contributed by atoms with Crippen molar-refractivity contribution in [3.05, 3.63) is 18.3 Å². The van der Waals surface area contributed by atoms with E-state index in [2.05, 4.69) is 5.10 Å². The second-order valence-electron chi connectivity index (χ2n) is 3.07. The Balaban J connectivity index is 2.35. The highest BCUT2D eigenvalue weighted by molar-refractivity contribution is 5.82. The van der Waals surface area contributed by atoms with E-state index in [1.807, 2.05) is 25.4 Å². The first kappa shape index (κ1) is 6.77. The van der Waals surface area contributed by atoms with Gasteiger partial charge in [-0.3, -0.25) is 4.68 Å². The fourth-order valence-electron chi connectivity index (χ4n) is 1.54. The number of aryl methyl sites for hydroxylation is 1. The number of hydrogen-bond acceptors (Lipinski definition) is 3. The van der Waals surface area contributed by atoms with Crippen molar-refractivity contribution < 1.29 is 9.47 Å². The van der Waals surface area contributed by atoms with Crippen LogP contribution in [0, 0.1) is 0 Å². The highest BCUT2D eigenvalue weighted by Crippen LogP contribution is 2.35. The Morgan fingerprint density at radius 2 is 2.08 bits per heavy atom. The van der Waals surface area contributed by atoms with E-state index in [9.17, 15) is 0 Å². The summed E-state index contributed by atoms with van der Waals surface area (Å²) in [5.74, 6) is 1.59. The van der Waals surface area contributed by atoms with Gasteiger partial charge < -0.3 is 9.47 Å². The van der Waals surface area contributed by atoms with E-state index in [1.165, 1.54) is 0 Å².